The lowest BCUT2D eigenvalue weighted by atomic mass is 10.1. The van der Waals surface area contributed by atoms with Gasteiger partial charge in [0.2, 0.25) is 11.7 Å². The van der Waals surface area contributed by atoms with Gasteiger partial charge in [-0.3, -0.25) is 4.79 Å². The van der Waals surface area contributed by atoms with Gasteiger partial charge in [-0.05, 0) is 30.2 Å². The molecule has 7 heteroatoms. The molecule has 0 saturated carbocycles. The van der Waals surface area contributed by atoms with Gasteiger partial charge in [0.1, 0.15) is 0 Å². The molecular formula is C15H25ClN2O4. The van der Waals surface area contributed by atoms with Crippen LogP contribution in [0.5, 0.6) is 17.2 Å². The third-order valence-electron chi connectivity index (χ3n) is 3.14. The predicted molar refractivity (Wildman–Crippen MR) is 88.3 cm³/mol. The SMILES string of the molecule is COc1cc(CC(=O)NCC(C)CN)cc(OC)c1OC.Cl. The van der Waals surface area contributed by atoms with Gasteiger partial charge in [0.25, 0.3) is 0 Å². The van der Waals surface area contributed by atoms with Crippen LogP contribution in [0.4, 0.5) is 0 Å². The Morgan fingerprint density at radius 1 is 1.18 bits per heavy atom. The largest absolute Gasteiger partial charge is 0.493 e. The van der Waals surface area contributed by atoms with Crippen molar-refractivity contribution in [2.45, 2.75) is 13.3 Å². The number of carbonyl (C=O) groups is 1. The summed E-state index contributed by atoms with van der Waals surface area (Å²) in [7, 11) is 4.63. The number of hydrogen-bond donors (Lipinski definition) is 2. The van der Waals surface area contributed by atoms with E-state index in [0.29, 0.717) is 30.3 Å². The fraction of sp³-hybridized carbons (Fsp3) is 0.533. The lowest BCUT2D eigenvalue weighted by Crippen LogP contribution is -2.32. The van der Waals surface area contributed by atoms with Gasteiger partial charge in [0.15, 0.2) is 11.5 Å². The van der Waals surface area contributed by atoms with Gasteiger partial charge in [-0.2, -0.15) is 0 Å². The number of hydrogen-bond acceptors (Lipinski definition) is 5. The molecule has 0 aliphatic carbocycles. The van der Waals surface area contributed by atoms with E-state index in [0.717, 1.165) is 5.56 Å². The molecule has 1 amide bonds. The number of ether oxygens (including phenoxy) is 3. The van der Waals surface area contributed by atoms with Gasteiger partial charge in [0.05, 0.1) is 27.8 Å². The second-order valence-corrected chi connectivity index (χ2v) is 4.86. The molecule has 0 aliphatic heterocycles. The summed E-state index contributed by atoms with van der Waals surface area (Å²) in [6.07, 6.45) is 0.244. The maximum Gasteiger partial charge on any atom is 0.224 e. The summed E-state index contributed by atoms with van der Waals surface area (Å²) in [5.74, 6) is 1.78. The molecule has 0 spiro atoms. The quantitative estimate of drug-likeness (QED) is 0.751. The summed E-state index contributed by atoms with van der Waals surface area (Å²) in [5.41, 5.74) is 6.31. The van der Waals surface area contributed by atoms with Crippen LogP contribution < -0.4 is 25.3 Å². The maximum absolute atomic E-state index is 11.9. The molecule has 0 radical (unpaired) electrons. The second-order valence-electron chi connectivity index (χ2n) is 4.86. The summed E-state index contributed by atoms with van der Waals surface area (Å²) in [6, 6.07) is 3.54. The van der Waals surface area contributed by atoms with Gasteiger partial charge < -0.3 is 25.3 Å². The van der Waals surface area contributed by atoms with Crippen molar-refractivity contribution in [3.05, 3.63) is 17.7 Å². The Labute approximate surface area is 137 Å². The number of benzene rings is 1. The zero-order chi connectivity index (χ0) is 15.8. The Bertz CT molecular complexity index is 458. The summed E-state index contributed by atoms with van der Waals surface area (Å²) in [4.78, 5) is 11.9. The highest BCUT2D eigenvalue weighted by atomic mass is 35.5. The molecule has 0 bridgehead atoms. The van der Waals surface area contributed by atoms with Crippen molar-refractivity contribution in [2.75, 3.05) is 34.4 Å². The molecule has 126 valence electrons. The highest BCUT2D eigenvalue weighted by Gasteiger charge is 2.15. The first-order valence-corrected chi connectivity index (χ1v) is 6.81. The van der Waals surface area contributed by atoms with E-state index < -0.39 is 0 Å². The summed E-state index contributed by atoms with van der Waals surface area (Å²) in [6.45, 7) is 3.10. The van der Waals surface area contributed by atoms with Crippen molar-refractivity contribution >= 4 is 18.3 Å². The molecule has 0 saturated heterocycles. The molecule has 0 aromatic heterocycles. The number of nitrogens with two attached hydrogens (primary N) is 1. The van der Waals surface area contributed by atoms with E-state index in [1.165, 1.54) is 0 Å². The van der Waals surface area contributed by atoms with Crippen LogP contribution in [0.3, 0.4) is 0 Å². The van der Waals surface area contributed by atoms with E-state index >= 15 is 0 Å². The number of rotatable bonds is 8. The minimum absolute atomic E-state index is 0. The molecule has 0 fully saturated rings. The van der Waals surface area contributed by atoms with Crippen LogP contribution in [-0.4, -0.2) is 40.3 Å². The van der Waals surface area contributed by atoms with Gasteiger partial charge in [-0.25, -0.2) is 0 Å². The molecule has 22 heavy (non-hydrogen) atoms. The zero-order valence-corrected chi connectivity index (χ0v) is 14.3. The fourth-order valence-electron chi connectivity index (χ4n) is 1.86. The van der Waals surface area contributed by atoms with Gasteiger partial charge in [-0.15, -0.1) is 12.4 Å². The van der Waals surface area contributed by atoms with Crippen LogP contribution in [0.15, 0.2) is 12.1 Å². The Hall–Kier alpha value is -1.66. The van der Waals surface area contributed by atoms with Crippen molar-refractivity contribution in [3.8, 4) is 17.2 Å². The van der Waals surface area contributed by atoms with Crippen molar-refractivity contribution in [2.24, 2.45) is 11.7 Å². The van der Waals surface area contributed by atoms with Gasteiger partial charge in [0, 0.05) is 6.54 Å². The monoisotopic (exact) mass is 332 g/mol. The Kier molecular flexibility index (Phi) is 9.37. The molecule has 0 heterocycles. The molecule has 0 aliphatic rings. The average molecular weight is 333 g/mol. The minimum atomic E-state index is -0.0652. The third kappa shape index (κ3) is 5.61. The lowest BCUT2D eigenvalue weighted by Gasteiger charge is -2.14. The van der Waals surface area contributed by atoms with Crippen molar-refractivity contribution in [1.29, 1.82) is 0 Å². The molecule has 1 aromatic rings. The van der Waals surface area contributed by atoms with Crippen LogP contribution >= 0.6 is 12.4 Å². The standard InChI is InChI=1S/C15H24N2O4.ClH/c1-10(8-16)9-17-14(18)7-11-5-12(19-2)15(21-4)13(6-11)20-3;/h5-6,10H,7-9,16H2,1-4H3,(H,17,18);1H. The predicted octanol–water partition coefficient (Wildman–Crippen LogP) is 1.39. The second kappa shape index (κ2) is 10.1. The van der Waals surface area contributed by atoms with E-state index in [1.54, 1.807) is 33.5 Å². The van der Waals surface area contributed by atoms with E-state index in [4.69, 9.17) is 19.9 Å². The van der Waals surface area contributed by atoms with E-state index in [2.05, 4.69) is 5.32 Å². The van der Waals surface area contributed by atoms with Gasteiger partial charge in [-0.1, -0.05) is 6.92 Å². The molecule has 1 unspecified atom stereocenters. The van der Waals surface area contributed by atoms with Crippen molar-refractivity contribution in [3.63, 3.8) is 0 Å². The minimum Gasteiger partial charge on any atom is -0.493 e. The highest BCUT2D eigenvalue weighted by molar-refractivity contribution is 5.85. The van der Waals surface area contributed by atoms with E-state index in [9.17, 15) is 4.79 Å². The topological polar surface area (TPSA) is 82.8 Å². The van der Waals surface area contributed by atoms with Crippen LogP contribution in [-0.2, 0) is 11.2 Å². The van der Waals surface area contributed by atoms with Crippen molar-refractivity contribution in [1.82, 2.24) is 5.32 Å². The van der Waals surface area contributed by atoms with Gasteiger partial charge >= 0.3 is 0 Å². The third-order valence-corrected chi connectivity index (χ3v) is 3.14. The van der Waals surface area contributed by atoms with Crippen molar-refractivity contribution < 1.29 is 19.0 Å². The molecule has 1 atom stereocenters. The normalized spacial score (nSPS) is 11.1. The number of carbonyl (C=O) groups excluding carboxylic acids is 1. The summed E-state index contributed by atoms with van der Waals surface area (Å²) < 4.78 is 15.8. The van der Waals surface area contributed by atoms with E-state index in [-0.39, 0.29) is 30.7 Å². The summed E-state index contributed by atoms with van der Waals surface area (Å²) in [5, 5.41) is 2.85. The molecule has 1 aromatic carbocycles. The number of amides is 1. The van der Waals surface area contributed by atoms with Crippen LogP contribution in [0.2, 0.25) is 0 Å². The molecule has 6 nitrogen and oxygen atoms in total. The Balaban J connectivity index is 0.00000441. The first-order valence-electron chi connectivity index (χ1n) is 6.81. The van der Waals surface area contributed by atoms with E-state index in [1.807, 2.05) is 6.92 Å². The summed E-state index contributed by atoms with van der Waals surface area (Å²) >= 11 is 0. The Morgan fingerprint density at radius 2 is 1.73 bits per heavy atom. The molecule has 3 N–H and O–H groups in total. The van der Waals surface area contributed by atoms with Crippen LogP contribution in [0.25, 0.3) is 0 Å². The zero-order valence-electron chi connectivity index (χ0n) is 13.5. The fourth-order valence-corrected chi connectivity index (χ4v) is 1.86. The van der Waals surface area contributed by atoms with Crippen LogP contribution in [0, 0.1) is 5.92 Å². The highest BCUT2D eigenvalue weighted by Crippen LogP contribution is 2.38. The lowest BCUT2D eigenvalue weighted by molar-refractivity contribution is -0.120. The number of halogens is 1. The number of nitrogens with one attached hydrogen (secondary N) is 1. The number of methoxy groups -OCH3 is 3. The molecular weight excluding hydrogens is 308 g/mol. The smallest absolute Gasteiger partial charge is 0.224 e. The maximum atomic E-state index is 11.9. The van der Waals surface area contributed by atoms with Crippen LogP contribution in [0.1, 0.15) is 12.5 Å². The average Bonchev–Trinajstić information content (AvgIpc) is 2.51. The molecule has 1 rings (SSSR count). The Morgan fingerprint density at radius 3 is 2.14 bits per heavy atom. The first-order chi connectivity index (χ1) is 10.0. The first kappa shape index (κ1) is 20.3.